The first-order valence-electron chi connectivity index (χ1n) is 11.2. The quantitative estimate of drug-likeness (QED) is 0.285. The number of carbonyl (C=O) groups excluding carboxylic acids is 2. The van der Waals surface area contributed by atoms with E-state index in [0.717, 1.165) is 49.1 Å². The zero-order valence-corrected chi connectivity index (χ0v) is 20.6. The molecule has 0 saturated heterocycles. The van der Waals surface area contributed by atoms with Crippen LogP contribution in [0.15, 0.2) is 35.5 Å². The fourth-order valence-corrected chi connectivity index (χ4v) is 5.97. The van der Waals surface area contributed by atoms with Gasteiger partial charge in [-0.2, -0.15) is 0 Å². The summed E-state index contributed by atoms with van der Waals surface area (Å²) in [4.78, 5) is 26.6. The molecule has 0 spiro atoms. The molecule has 7 nitrogen and oxygen atoms in total. The number of rotatable bonds is 8. The van der Waals surface area contributed by atoms with Crippen molar-refractivity contribution in [1.29, 1.82) is 0 Å². The van der Waals surface area contributed by atoms with Crippen LogP contribution < -0.4 is 5.32 Å². The summed E-state index contributed by atoms with van der Waals surface area (Å²) < 4.78 is 7.22. The van der Waals surface area contributed by atoms with Gasteiger partial charge in [0, 0.05) is 18.3 Å². The van der Waals surface area contributed by atoms with E-state index < -0.39 is 0 Å². The summed E-state index contributed by atoms with van der Waals surface area (Å²) in [5.74, 6) is 0.506. The van der Waals surface area contributed by atoms with E-state index in [1.807, 2.05) is 29.8 Å². The highest BCUT2D eigenvalue weighted by Gasteiger charge is 2.26. The molecule has 0 radical (unpaired) electrons. The van der Waals surface area contributed by atoms with Crippen LogP contribution in [0.2, 0.25) is 0 Å². The molecule has 0 fully saturated rings. The van der Waals surface area contributed by atoms with Crippen LogP contribution in [0.25, 0.3) is 0 Å². The molecule has 2 aromatic heterocycles. The molecule has 174 valence electrons. The number of thioether (sulfide) groups is 1. The van der Waals surface area contributed by atoms with Gasteiger partial charge in [0.2, 0.25) is 5.91 Å². The van der Waals surface area contributed by atoms with Gasteiger partial charge in [-0.1, -0.05) is 48.5 Å². The Morgan fingerprint density at radius 1 is 1.15 bits per heavy atom. The van der Waals surface area contributed by atoms with Crippen molar-refractivity contribution in [2.24, 2.45) is 7.05 Å². The average molecular weight is 485 g/mol. The second kappa shape index (κ2) is 11.0. The lowest BCUT2D eigenvalue weighted by molar-refractivity contribution is -0.113. The number of nitrogens with one attached hydrogen (secondary N) is 1. The zero-order valence-electron chi connectivity index (χ0n) is 18.9. The monoisotopic (exact) mass is 484 g/mol. The molecule has 0 saturated carbocycles. The summed E-state index contributed by atoms with van der Waals surface area (Å²) in [6.07, 6.45) is 5.80. The van der Waals surface area contributed by atoms with E-state index in [1.165, 1.54) is 28.0 Å². The summed E-state index contributed by atoms with van der Waals surface area (Å²) in [5, 5.41) is 12.8. The molecule has 9 heteroatoms. The summed E-state index contributed by atoms with van der Waals surface area (Å²) in [6, 6.07) is 10.1. The third-order valence-corrected chi connectivity index (χ3v) is 7.84. The van der Waals surface area contributed by atoms with Crippen LogP contribution in [0.1, 0.15) is 58.4 Å². The number of anilines is 1. The molecule has 4 rings (SSSR count). The second-order valence-corrected chi connectivity index (χ2v) is 9.99. The maximum atomic E-state index is 12.8. The van der Waals surface area contributed by atoms with Gasteiger partial charge in [0.15, 0.2) is 5.16 Å². The van der Waals surface area contributed by atoms with Gasteiger partial charge in [0.25, 0.3) is 0 Å². The van der Waals surface area contributed by atoms with Crippen molar-refractivity contribution in [3.05, 3.63) is 57.7 Å². The molecule has 1 aliphatic rings. The van der Waals surface area contributed by atoms with Crippen LogP contribution in [-0.4, -0.2) is 39.0 Å². The number of hydrogen-bond acceptors (Lipinski definition) is 7. The van der Waals surface area contributed by atoms with Gasteiger partial charge < -0.3 is 14.6 Å². The van der Waals surface area contributed by atoms with Crippen molar-refractivity contribution < 1.29 is 14.3 Å². The lowest BCUT2D eigenvalue weighted by atomic mass is 10.1. The molecule has 1 aliphatic carbocycles. The Balaban J connectivity index is 1.43. The molecule has 2 heterocycles. The van der Waals surface area contributed by atoms with E-state index in [1.54, 1.807) is 6.92 Å². The van der Waals surface area contributed by atoms with Crippen LogP contribution in [-0.2, 0) is 35.8 Å². The molecule has 3 aromatic rings. The van der Waals surface area contributed by atoms with Gasteiger partial charge >= 0.3 is 5.97 Å². The number of hydrogen-bond donors (Lipinski definition) is 1. The predicted octanol–water partition coefficient (Wildman–Crippen LogP) is 4.64. The minimum atomic E-state index is -0.348. The Morgan fingerprint density at radius 2 is 1.94 bits per heavy atom. The second-order valence-electron chi connectivity index (χ2n) is 7.95. The fourth-order valence-electron chi connectivity index (χ4n) is 3.95. The number of ether oxygens (including phenoxy) is 1. The van der Waals surface area contributed by atoms with Crippen molar-refractivity contribution in [1.82, 2.24) is 14.8 Å². The number of aryl methyl sites for hydroxylation is 1. The molecule has 0 bridgehead atoms. The van der Waals surface area contributed by atoms with Crippen molar-refractivity contribution in [2.75, 3.05) is 17.7 Å². The smallest absolute Gasteiger partial charge is 0.341 e. The SMILES string of the molecule is CCOC(=O)c1c(NC(=O)CSc2nnc(Cc3ccccc3)n2C)sc2c1CCCCC2. The topological polar surface area (TPSA) is 86.1 Å². The number of aromatic nitrogens is 3. The van der Waals surface area contributed by atoms with Gasteiger partial charge in [-0.05, 0) is 43.7 Å². The summed E-state index contributed by atoms with van der Waals surface area (Å²) in [7, 11) is 1.91. The minimum absolute atomic E-state index is 0.172. The van der Waals surface area contributed by atoms with Crippen molar-refractivity contribution in [3.8, 4) is 0 Å². The van der Waals surface area contributed by atoms with Crippen molar-refractivity contribution in [3.63, 3.8) is 0 Å². The van der Waals surface area contributed by atoms with Gasteiger partial charge in [0.1, 0.15) is 10.8 Å². The number of carbonyl (C=O) groups is 2. The Kier molecular flexibility index (Phi) is 7.82. The molecule has 0 aliphatic heterocycles. The number of amides is 1. The Labute approximate surface area is 201 Å². The molecule has 0 unspecified atom stereocenters. The van der Waals surface area contributed by atoms with Crippen LogP contribution in [0.3, 0.4) is 0 Å². The van der Waals surface area contributed by atoms with E-state index >= 15 is 0 Å². The Morgan fingerprint density at radius 3 is 2.73 bits per heavy atom. The minimum Gasteiger partial charge on any atom is -0.462 e. The van der Waals surface area contributed by atoms with E-state index in [2.05, 4.69) is 27.6 Å². The first-order valence-corrected chi connectivity index (χ1v) is 13.0. The van der Waals surface area contributed by atoms with E-state index in [4.69, 9.17) is 4.74 Å². The lowest BCUT2D eigenvalue weighted by Gasteiger charge is -2.08. The molecule has 0 atom stereocenters. The highest BCUT2D eigenvalue weighted by Crippen LogP contribution is 2.38. The normalized spacial score (nSPS) is 13.3. The summed E-state index contributed by atoms with van der Waals surface area (Å²) >= 11 is 2.85. The third kappa shape index (κ3) is 5.65. The van der Waals surface area contributed by atoms with E-state index in [-0.39, 0.29) is 17.6 Å². The van der Waals surface area contributed by atoms with Crippen molar-refractivity contribution in [2.45, 2.75) is 50.6 Å². The molecule has 1 amide bonds. The first kappa shape index (κ1) is 23.5. The number of thiophene rings is 1. The Bertz CT molecular complexity index is 1120. The van der Waals surface area contributed by atoms with Crippen LogP contribution >= 0.6 is 23.1 Å². The molecule has 1 N–H and O–H groups in total. The maximum absolute atomic E-state index is 12.8. The largest absolute Gasteiger partial charge is 0.462 e. The predicted molar refractivity (Wildman–Crippen MR) is 131 cm³/mol. The highest BCUT2D eigenvalue weighted by atomic mass is 32.2. The van der Waals surface area contributed by atoms with Gasteiger partial charge in [0.05, 0.1) is 17.9 Å². The molecule has 1 aromatic carbocycles. The molecular formula is C24H28N4O3S2. The number of nitrogens with zero attached hydrogens (tertiary/aromatic N) is 3. The third-order valence-electron chi connectivity index (χ3n) is 5.62. The van der Waals surface area contributed by atoms with E-state index in [9.17, 15) is 9.59 Å². The molecular weight excluding hydrogens is 456 g/mol. The van der Waals surface area contributed by atoms with Crippen LogP contribution in [0.4, 0.5) is 5.00 Å². The summed E-state index contributed by atoms with van der Waals surface area (Å²) in [6.45, 7) is 2.11. The lowest BCUT2D eigenvalue weighted by Crippen LogP contribution is -2.17. The number of esters is 1. The first-order chi connectivity index (χ1) is 16.1. The van der Waals surface area contributed by atoms with Gasteiger partial charge in [-0.15, -0.1) is 21.5 Å². The van der Waals surface area contributed by atoms with Gasteiger partial charge in [-0.25, -0.2) is 4.79 Å². The zero-order chi connectivity index (χ0) is 23.2. The van der Waals surface area contributed by atoms with E-state index in [0.29, 0.717) is 28.7 Å². The fraction of sp³-hybridized carbons (Fsp3) is 0.417. The Hall–Kier alpha value is -2.65. The van der Waals surface area contributed by atoms with Crippen LogP contribution in [0.5, 0.6) is 0 Å². The number of benzene rings is 1. The summed E-state index contributed by atoms with van der Waals surface area (Å²) in [5.41, 5.74) is 2.75. The standard InChI is InChI=1S/C24H28N4O3S2/c1-3-31-23(30)21-17-12-8-5-9-13-18(17)33-22(21)25-20(29)15-32-24-27-26-19(28(24)2)14-16-10-6-4-7-11-16/h4,6-7,10-11H,3,5,8-9,12-15H2,1-2H3,(H,25,29). The highest BCUT2D eigenvalue weighted by molar-refractivity contribution is 7.99. The van der Waals surface area contributed by atoms with Crippen molar-refractivity contribution >= 4 is 40.0 Å². The average Bonchev–Trinajstić information content (AvgIpc) is 3.23. The number of fused-ring (bicyclic) bond motifs is 1. The maximum Gasteiger partial charge on any atom is 0.341 e. The molecule has 33 heavy (non-hydrogen) atoms. The van der Waals surface area contributed by atoms with Gasteiger partial charge in [-0.3, -0.25) is 4.79 Å². The van der Waals surface area contributed by atoms with Crippen LogP contribution in [0, 0.1) is 0 Å².